The van der Waals surface area contributed by atoms with Gasteiger partial charge in [0.2, 0.25) is 11.8 Å². The number of barbiturate groups is 1. The van der Waals surface area contributed by atoms with Gasteiger partial charge in [-0.1, -0.05) is 27.7 Å². The Balaban J connectivity index is 2.35. The second-order valence-corrected chi connectivity index (χ2v) is 5.93. The SMILES string of the molecule is CCC1(CC)C(=O)NC(=O)N(C2CC2(C)C)C1=O. The Bertz CT molecular complexity index is 424. The number of rotatable bonds is 3. The second kappa shape index (κ2) is 3.80. The smallest absolute Gasteiger partial charge is 0.277 e. The van der Waals surface area contributed by atoms with Crippen LogP contribution in [0.15, 0.2) is 0 Å². The third-order valence-corrected chi connectivity index (χ3v) is 4.48. The van der Waals surface area contributed by atoms with Crippen molar-refractivity contribution in [3.05, 3.63) is 0 Å². The van der Waals surface area contributed by atoms with E-state index in [2.05, 4.69) is 5.32 Å². The Kier molecular flexibility index (Phi) is 2.76. The summed E-state index contributed by atoms with van der Waals surface area (Å²) in [7, 11) is 0. The van der Waals surface area contributed by atoms with E-state index in [4.69, 9.17) is 0 Å². The van der Waals surface area contributed by atoms with Gasteiger partial charge in [0.25, 0.3) is 0 Å². The van der Waals surface area contributed by atoms with Crippen molar-refractivity contribution in [3.8, 4) is 0 Å². The summed E-state index contributed by atoms with van der Waals surface area (Å²) in [5.74, 6) is -0.769. The van der Waals surface area contributed by atoms with Gasteiger partial charge in [0.05, 0.1) is 0 Å². The fourth-order valence-electron chi connectivity index (χ4n) is 2.73. The highest BCUT2D eigenvalue weighted by molar-refractivity contribution is 6.19. The molecule has 0 bridgehead atoms. The Labute approximate surface area is 107 Å². The summed E-state index contributed by atoms with van der Waals surface area (Å²) in [5, 5.41) is 2.34. The van der Waals surface area contributed by atoms with E-state index in [1.54, 1.807) is 0 Å². The molecule has 1 N–H and O–H groups in total. The molecular weight excluding hydrogens is 232 g/mol. The van der Waals surface area contributed by atoms with E-state index in [-0.39, 0.29) is 17.4 Å². The van der Waals surface area contributed by atoms with Gasteiger partial charge in [-0.3, -0.25) is 19.8 Å². The summed E-state index contributed by atoms with van der Waals surface area (Å²) < 4.78 is 0. The highest BCUT2D eigenvalue weighted by Crippen LogP contribution is 2.50. The number of nitrogens with one attached hydrogen (secondary N) is 1. The van der Waals surface area contributed by atoms with Crippen molar-refractivity contribution in [2.24, 2.45) is 10.8 Å². The van der Waals surface area contributed by atoms with Crippen molar-refractivity contribution in [2.45, 2.75) is 53.0 Å². The molecule has 1 atom stereocenters. The maximum absolute atomic E-state index is 12.5. The molecule has 1 saturated heterocycles. The molecule has 1 aliphatic heterocycles. The molecule has 100 valence electrons. The van der Waals surface area contributed by atoms with Gasteiger partial charge in [0.15, 0.2) is 0 Å². The van der Waals surface area contributed by atoms with E-state index in [0.29, 0.717) is 12.8 Å². The van der Waals surface area contributed by atoms with E-state index in [1.165, 1.54) is 4.90 Å². The molecule has 1 saturated carbocycles. The maximum atomic E-state index is 12.5. The van der Waals surface area contributed by atoms with Crippen molar-refractivity contribution < 1.29 is 14.4 Å². The summed E-state index contributed by atoms with van der Waals surface area (Å²) in [6.07, 6.45) is 1.65. The summed E-state index contributed by atoms with van der Waals surface area (Å²) in [4.78, 5) is 37.7. The van der Waals surface area contributed by atoms with Crippen LogP contribution in [0.4, 0.5) is 4.79 Å². The lowest BCUT2D eigenvalue weighted by Gasteiger charge is -2.39. The number of carbonyl (C=O) groups is 3. The van der Waals surface area contributed by atoms with E-state index < -0.39 is 17.4 Å². The summed E-state index contributed by atoms with van der Waals surface area (Å²) in [5.41, 5.74) is -1.09. The van der Waals surface area contributed by atoms with Crippen molar-refractivity contribution in [1.29, 1.82) is 0 Å². The first-order valence-corrected chi connectivity index (χ1v) is 6.49. The zero-order valence-corrected chi connectivity index (χ0v) is 11.4. The van der Waals surface area contributed by atoms with Gasteiger partial charge < -0.3 is 0 Å². The molecule has 5 nitrogen and oxygen atoms in total. The molecule has 4 amide bonds. The van der Waals surface area contributed by atoms with Crippen LogP contribution < -0.4 is 5.32 Å². The monoisotopic (exact) mass is 252 g/mol. The Morgan fingerprint density at radius 1 is 1.22 bits per heavy atom. The average Bonchev–Trinajstić information content (AvgIpc) is 2.88. The highest BCUT2D eigenvalue weighted by Gasteiger charge is 2.60. The molecule has 1 aliphatic carbocycles. The minimum atomic E-state index is -1.06. The van der Waals surface area contributed by atoms with Gasteiger partial charge in [0.1, 0.15) is 5.41 Å². The first-order chi connectivity index (χ1) is 8.30. The van der Waals surface area contributed by atoms with Crippen LogP contribution in [0.25, 0.3) is 0 Å². The molecule has 1 unspecified atom stereocenters. The summed E-state index contributed by atoms with van der Waals surface area (Å²) in [6, 6.07) is -0.631. The molecule has 0 aromatic carbocycles. The number of hydrogen-bond acceptors (Lipinski definition) is 3. The van der Waals surface area contributed by atoms with Gasteiger partial charge in [-0.15, -0.1) is 0 Å². The Hall–Kier alpha value is -1.39. The lowest BCUT2D eigenvalue weighted by molar-refractivity contribution is -0.152. The first-order valence-electron chi connectivity index (χ1n) is 6.49. The van der Waals surface area contributed by atoms with Crippen molar-refractivity contribution in [3.63, 3.8) is 0 Å². The number of carbonyl (C=O) groups excluding carboxylic acids is 3. The lowest BCUT2D eigenvalue weighted by atomic mass is 9.78. The van der Waals surface area contributed by atoms with Crippen LogP contribution in [-0.4, -0.2) is 28.8 Å². The first kappa shape index (κ1) is 13.1. The molecular formula is C13H20N2O3. The Morgan fingerprint density at radius 2 is 1.72 bits per heavy atom. The van der Waals surface area contributed by atoms with E-state index >= 15 is 0 Å². The number of imide groups is 2. The van der Waals surface area contributed by atoms with Crippen LogP contribution in [-0.2, 0) is 9.59 Å². The van der Waals surface area contributed by atoms with Crippen LogP contribution in [0.3, 0.4) is 0 Å². The average molecular weight is 252 g/mol. The van der Waals surface area contributed by atoms with Crippen LogP contribution in [0, 0.1) is 10.8 Å². The predicted molar refractivity (Wildman–Crippen MR) is 65.6 cm³/mol. The fourth-order valence-corrected chi connectivity index (χ4v) is 2.73. The largest absolute Gasteiger partial charge is 0.331 e. The molecule has 1 heterocycles. The van der Waals surface area contributed by atoms with Gasteiger partial charge in [0, 0.05) is 6.04 Å². The maximum Gasteiger partial charge on any atom is 0.331 e. The van der Waals surface area contributed by atoms with Crippen LogP contribution in [0.1, 0.15) is 47.0 Å². The molecule has 18 heavy (non-hydrogen) atoms. The number of amides is 4. The topological polar surface area (TPSA) is 66.5 Å². The number of urea groups is 1. The molecule has 0 aromatic rings. The van der Waals surface area contributed by atoms with Gasteiger partial charge in [-0.25, -0.2) is 4.79 Å². The normalized spacial score (nSPS) is 29.2. The third-order valence-electron chi connectivity index (χ3n) is 4.48. The quantitative estimate of drug-likeness (QED) is 0.777. The fraction of sp³-hybridized carbons (Fsp3) is 0.769. The van der Waals surface area contributed by atoms with Crippen LogP contribution in [0.5, 0.6) is 0 Å². The minimum absolute atomic E-state index is 0.0272. The number of hydrogen-bond donors (Lipinski definition) is 1. The highest BCUT2D eigenvalue weighted by atomic mass is 16.2. The molecule has 2 aliphatic rings. The lowest BCUT2D eigenvalue weighted by Crippen LogP contribution is -2.64. The molecule has 2 fully saturated rings. The van der Waals surface area contributed by atoms with Crippen LogP contribution >= 0.6 is 0 Å². The number of nitrogens with zero attached hydrogens (tertiary/aromatic N) is 1. The molecule has 5 heteroatoms. The third kappa shape index (κ3) is 1.56. The van der Waals surface area contributed by atoms with Crippen molar-refractivity contribution in [1.82, 2.24) is 10.2 Å². The van der Waals surface area contributed by atoms with Crippen LogP contribution in [0.2, 0.25) is 0 Å². The zero-order valence-electron chi connectivity index (χ0n) is 11.4. The van der Waals surface area contributed by atoms with E-state index in [0.717, 1.165) is 6.42 Å². The molecule has 2 rings (SSSR count). The van der Waals surface area contributed by atoms with Crippen molar-refractivity contribution >= 4 is 17.8 Å². The van der Waals surface area contributed by atoms with Gasteiger partial charge in [-0.2, -0.15) is 0 Å². The summed E-state index contributed by atoms with van der Waals surface area (Å²) >= 11 is 0. The minimum Gasteiger partial charge on any atom is -0.277 e. The van der Waals surface area contributed by atoms with E-state index in [9.17, 15) is 14.4 Å². The standard InChI is InChI=1S/C13H20N2O3/c1-5-13(6-2)9(16)14-11(18)15(10(13)17)8-7-12(8,3)4/h8H,5-7H2,1-4H3,(H,14,16,18). The van der Waals surface area contributed by atoms with Gasteiger partial charge in [-0.05, 0) is 24.7 Å². The van der Waals surface area contributed by atoms with Gasteiger partial charge >= 0.3 is 6.03 Å². The zero-order chi connectivity index (χ0) is 13.7. The van der Waals surface area contributed by atoms with Crippen molar-refractivity contribution in [2.75, 3.05) is 0 Å². The predicted octanol–water partition coefficient (Wildman–Crippen LogP) is 1.67. The summed E-state index contributed by atoms with van der Waals surface area (Å²) in [6.45, 7) is 7.67. The molecule has 0 spiro atoms. The van der Waals surface area contributed by atoms with E-state index in [1.807, 2.05) is 27.7 Å². The molecule has 0 aromatic heterocycles. The second-order valence-electron chi connectivity index (χ2n) is 5.93. The Morgan fingerprint density at radius 3 is 2.11 bits per heavy atom. The molecule has 0 radical (unpaired) electrons.